The topological polar surface area (TPSA) is 65.1 Å². The molecule has 2 aromatic rings. The highest BCUT2D eigenvalue weighted by atomic mass is 32.1. The molecule has 88 valence electrons. The molecular weight excluding hydrogens is 243 g/mol. The Balaban J connectivity index is 2.32. The molecule has 4 nitrogen and oxygen atoms in total. The fraction of sp³-hybridized carbons (Fsp3) is 0.0909. The standard InChI is InChI=1S/C11H9FN2O2S/c12-9-5-7(10(13)15)1-2-8(9)6-14-3-4-17-11(14)16/h1-5H,6H2,(H2,13,15). The van der Waals surface area contributed by atoms with Gasteiger partial charge in [0.2, 0.25) is 5.91 Å². The van der Waals surface area contributed by atoms with Gasteiger partial charge in [-0.3, -0.25) is 9.59 Å². The Kier molecular flexibility index (Phi) is 3.06. The van der Waals surface area contributed by atoms with E-state index in [9.17, 15) is 14.0 Å². The number of rotatable bonds is 3. The molecule has 0 aliphatic rings. The SMILES string of the molecule is NC(=O)c1ccc(Cn2ccsc2=O)c(F)c1. The minimum atomic E-state index is -0.678. The molecule has 6 heteroatoms. The number of hydrogen-bond acceptors (Lipinski definition) is 3. The van der Waals surface area contributed by atoms with Gasteiger partial charge < -0.3 is 10.3 Å². The van der Waals surface area contributed by atoms with Crippen molar-refractivity contribution in [3.8, 4) is 0 Å². The first kappa shape index (κ1) is 11.5. The number of nitrogens with two attached hydrogens (primary N) is 1. The Morgan fingerprint density at radius 3 is 2.76 bits per heavy atom. The molecule has 2 N–H and O–H groups in total. The van der Waals surface area contributed by atoms with Gasteiger partial charge in [-0.05, 0) is 12.1 Å². The molecule has 0 aliphatic carbocycles. The third kappa shape index (κ3) is 2.42. The summed E-state index contributed by atoms with van der Waals surface area (Å²) in [6, 6.07) is 3.98. The van der Waals surface area contributed by atoms with E-state index >= 15 is 0 Å². The number of carbonyl (C=O) groups is 1. The van der Waals surface area contributed by atoms with Crippen LogP contribution in [0, 0.1) is 5.82 Å². The maximum absolute atomic E-state index is 13.6. The zero-order chi connectivity index (χ0) is 12.4. The molecule has 0 spiro atoms. The Morgan fingerprint density at radius 2 is 2.24 bits per heavy atom. The lowest BCUT2D eigenvalue weighted by molar-refractivity contribution is 0.1000. The Labute approximate surface area is 100 Å². The second-order valence-electron chi connectivity index (χ2n) is 3.47. The molecule has 1 aromatic carbocycles. The van der Waals surface area contributed by atoms with Gasteiger partial charge in [0, 0.05) is 22.7 Å². The molecule has 0 unspecified atom stereocenters. The predicted molar refractivity (Wildman–Crippen MR) is 62.6 cm³/mol. The van der Waals surface area contributed by atoms with E-state index < -0.39 is 11.7 Å². The summed E-state index contributed by atoms with van der Waals surface area (Å²) in [5, 5.41) is 1.64. The lowest BCUT2D eigenvalue weighted by Gasteiger charge is -2.04. The van der Waals surface area contributed by atoms with Gasteiger partial charge in [0.15, 0.2) is 0 Å². The van der Waals surface area contributed by atoms with Crippen molar-refractivity contribution in [1.82, 2.24) is 4.57 Å². The van der Waals surface area contributed by atoms with Crippen molar-refractivity contribution in [2.45, 2.75) is 6.54 Å². The van der Waals surface area contributed by atoms with Crippen molar-refractivity contribution in [3.63, 3.8) is 0 Å². The van der Waals surface area contributed by atoms with Crippen molar-refractivity contribution in [3.05, 3.63) is 56.4 Å². The van der Waals surface area contributed by atoms with E-state index in [0.717, 1.165) is 17.4 Å². The first-order valence-electron chi connectivity index (χ1n) is 4.80. The van der Waals surface area contributed by atoms with Gasteiger partial charge in [-0.25, -0.2) is 4.39 Å². The van der Waals surface area contributed by atoms with Gasteiger partial charge in [0.25, 0.3) is 0 Å². The first-order chi connectivity index (χ1) is 8.08. The molecule has 0 saturated carbocycles. The van der Waals surface area contributed by atoms with Crippen LogP contribution in [0.2, 0.25) is 0 Å². The van der Waals surface area contributed by atoms with Gasteiger partial charge in [-0.1, -0.05) is 17.4 Å². The molecule has 1 amide bonds. The average Bonchev–Trinajstić information content (AvgIpc) is 2.67. The van der Waals surface area contributed by atoms with Crippen LogP contribution in [0.1, 0.15) is 15.9 Å². The number of amides is 1. The third-order valence-corrected chi connectivity index (χ3v) is 3.02. The molecule has 0 bridgehead atoms. The summed E-state index contributed by atoms with van der Waals surface area (Å²) < 4.78 is 15.0. The number of nitrogens with zero attached hydrogens (tertiary/aromatic N) is 1. The lowest BCUT2D eigenvalue weighted by atomic mass is 10.1. The molecule has 0 radical (unpaired) electrons. The van der Waals surface area contributed by atoms with Crippen LogP contribution in [-0.2, 0) is 6.54 Å². The minimum absolute atomic E-state index is 0.115. The quantitative estimate of drug-likeness (QED) is 0.891. The molecule has 1 aromatic heterocycles. The minimum Gasteiger partial charge on any atom is -0.366 e. The van der Waals surface area contributed by atoms with Crippen molar-refractivity contribution in [1.29, 1.82) is 0 Å². The highest BCUT2D eigenvalue weighted by Gasteiger charge is 2.08. The van der Waals surface area contributed by atoms with Gasteiger partial charge in [0.05, 0.1) is 6.54 Å². The Morgan fingerprint density at radius 1 is 1.47 bits per heavy atom. The van der Waals surface area contributed by atoms with Gasteiger partial charge in [-0.15, -0.1) is 0 Å². The van der Waals surface area contributed by atoms with Crippen molar-refractivity contribution in [2.75, 3.05) is 0 Å². The predicted octanol–water partition coefficient (Wildman–Crippen LogP) is 1.20. The highest BCUT2D eigenvalue weighted by molar-refractivity contribution is 7.07. The van der Waals surface area contributed by atoms with Crippen LogP contribution < -0.4 is 10.6 Å². The summed E-state index contributed by atoms with van der Waals surface area (Å²) >= 11 is 1.05. The maximum Gasteiger partial charge on any atom is 0.307 e. The number of benzene rings is 1. The molecule has 17 heavy (non-hydrogen) atoms. The molecule has 0 fully saturated rings. The van der Waals surface area contributed by atoms with E-state index in [-0.39, 0.29) is 17.0 Å². The van der Waals surface area contributed by atoms with Crippen molar-refractivity contribution in [2.24, 2.45) is 5.73 Å². The third-order valence-electron chi connectivity index (χ3n) is 2.32. The van der Waals surface area contributed by atoms with Gasteiger partial charge in [-0.2, -0.15) is 0 Å². The number of thiazole rings is 1. The maximum atomic E-state index is 13.6. The summed E-state index contributed by atoms with van der Waals surface area (Å²) in [6.45, 7) is 0.146. The number of primary amides is 1. The van der Waals surface area contributed by atoms with Crippen LogP contribution in [0.25, 0.3) is 0 Å². The zero-order valence-corrected chi connectivity index (χ0v) is 9.54. The fourth-order valence-electron chi connectivity index (χ4n) is 1.42. The monoisotopic (exact) mass is 252 g/mol. The van der Waals surface area contributed by atoms with E-state index in [2.05, 4.69) is 0 Å². The molecule has 0 atom stereocenters. The van der Waals surface area contributed by atoms with E-state index in [0.29, 0.717) is 5.56 Å². The Hall–Kier alpha value is -1.95. The second-order valence-corrected chi connectivity index (χ2v) is 4.32. The highest BCUT2D eigenvalue weighted by Crippen LogP contribution is 2.11. The van der Waals surface area contributed by atoms with E-state index in [1.165, 1.54) is 16.7 Å². The van der Waals surface area contributed by atoms with Gasteiger partial charge >= 0.3 is 4.87 Å². The van der Waals surface area contributed by atoms with Crippen LogP contribution in [-0.4, -0.2) is 10.5 Å². The summed E-state index contributed by atoms with van der Waals surface area (Å²) in [6.07, 6.45) is 1.59. The van der Waals surface area contributed by atoms with Crippen LogP contribution in [0.5, 0.6) is 0 Å². The molecular formula is C11H9FN2O2S. The molecule has 0 aliphatic heterocycles. The normalized spacial score (nSPS) is 10.4. The number of hydrogen-bond donors (Lipinski definition) is 1. The number of halogens is 1. The largest absolute Gasteiger partial charge is 0.366 e. The zero-order valence-electron chi connectivity index (χ0n) is 8.72. The molecule has 1 heterocycles. The summed E-state index contributed by atoms with van der Waals surface area (Å²) in [5.41, 5.74) is 5.49. The summed E-state index contributed by atoms with van der Waals surface area (Å²) in [7, 11) is 0. The lowest BCUT2D eigenvalue weighted by Crippen LogP contribution is -2.15. The van der Waals surface area contributed by atoms with Crippen molar-refractivity contribution >= 4 is 17.2 Å². The molecule has 0 saturated heterocycles. The Bertz CT molecular complexity index is 618. The van der Waals surface area contributed by atoms with E-state index in [1.807, 2.05) is 0 Å². The fourth-order valence-corrected chi connectivity index (χ4v) is 2.01. The average molecular weight is 252 g/mol. The number of aromatic nitrogens is 1. The summed E-state index contributed by atoms with van der Waals surface area (Å²) in [4.78, 5) is 22.0. The van der Waals surface area contributed by atoms with Crippen LogP contribution in [0.3, 0.4) is 0 Å². The second kappa shape index (κ2) is 4.50. The summed E-state index contributed by atoms with van der Waals surface area (Å²) in [5.74, 6) is -1.22. The molecule has 2 rings (SSSR count). The van der Waals surface area contributed by atoms with Crippen LogP contribution in [0.15, 0.2) is 34.6 Å². The van der Waals surface area contributed by atoms with Crippen LogP contribution >= 0.6 is 11.3 Å². The van der Waals surface area contributed by atoms with Crippen LogP contribution in [0.4, 0.5) is 4.39 Å². The number of carbonyl (C=O) groups excluding carboxylic acids is 1. The van der Waals surface area contributed by atoms with E-state index in [1.54, 1.807) is 11.6 Å². The van der Waals surface area contributed by atoms with Crippen molar-refractivity contribution < 1.29 is 9.18 Å². The van der Waals surface area contributed by atoms with Gasteiger partial charge in [0.1, 0.15) is 5.82 Å². The smallest absolute Gasteiger partial charge is 0.307 e. The first-order valence-corrected chi connectivity index (χ1v) is 5.68. The van der Waals surface area contributed by atoms with E-state index in [4.69, 9.17) is 5.73 Å².